The van der Waals surface area contributed by atoms with Crippen LogP contribution in [0.5, 0.6) is 0 Å². The van der Waals surface area contributed by atoms with Gasteiger partial charge in [-0.2, -0.15) is 5.26 Å². The highest BCUT2D eigenvalue weighted by atomic mass is 16.3. The topological polar surface area (TPSA) is 49.0 Å². The predicted octanol–water partition coefficient (Wildman–Crippen LogP) is 2.43. The maximum atomic E-state index is 8.60. The molecule has 1 N–H and O–H groups in total. The van der Waals surface area contributed by atoms with Crippen molar-refractivity contribution in [1.29, 1.82) is 5.26 Å². The van der Waals surface area contributed by atoms with Crippen molar-refractivity contribution in [1.82, 2.24) is 5.32 Å². The second kappa shape index (κ2) is 4.50. The van der Waals surface area contributed by atoms with Crippen LogP contribution in [0.1, 0.15) is 37.7 Å². The van der Waals surface area contributed by atoms with Crippen LogP contribution in [-0.2, 0) is 6.54 Å². The normalized spacial score (nSPS) is 25.3. The largest absolute Gasteiger partial charge is 0.449 e. The molecule has 0 bridgehead atoms. The number of rotatable bonds is 3. The minimum atomic E-state index is 0.395. The molecule has 1 fully saturated rings. The smallest absolute Gasteiger partial charge is 0.203 e. The molecule has 80 valence electrons. The maximum Gasteiger partial charge on any atom is 0.203 e. The summed E-state index contributed by atoms with van der Waals surface area (Å²) in [5.74, 6) is 2.09. The summed E-state index contributed by atoms with van der Waals surface area (Å²) >= 11 is 0. The van der Waals surface area contributed by atoms with E-state index in [1.165, 1.54) is 19.3 Å². The molecule has 2 unspecified atom stereocenters. The molecule has 0 aliphatic heterocycles. The van der Waals surface area contributed by atoms with Crippen molar-refractivity contribution in [2.45, 2.75) is 38.8 Å². The van der Waals surface area contributed by atoms with Gasteiger partial charge in [0.15, 0.2) is 0 Å². The number of nitrogens with one attached hydrogen (secondary N) is 1. The molecule has 3 nitrogen and oxygen atoms in total. The van der Waals surface area contributed by atoms with Crippen LogP contribution in [0.3, 0.4) is 0 Å². The molecule has 1 aliphatic carbocycles. The lowest BCUT2D eigenvalue weighted by atomic mass is 10.1. The molecule has 1 saturated carbocycles. The Hall–Kier alpha value is -1.27. The third-order valence-electron chi connectivity index (χ3n) is 3.03. The predicted molar refractivity (Wildman–Crippen MR) is 57.1 cm³/mol. The molecule has 1 aromatic rings. The van der Waals surface area contributed by atoms with E-state index in [0.717, 1.165) is 18.2 Å². The molecule has 15 heavy (non-hydrogen) atoms. The van der Waals surface area contributed by atoms with Crippen LogP contribution >= 0.6 is 0 Å². The minimum absolute atomic E-state index is 0.395. The fraction of sp³-hybridized carbons (Fsp3) is 0.583. The third kappa shape index (κ3) is 2.60. The molecule has 0 amide bonds. The Morgan fingerprint density at radius 2 is 2.40 bits per heavy atom. The molecule has 0 aromatic carbocycles. The molecule has 0 saturated heterocycles. The average molecular weight is 204 g/mol. The lowest BCUT2D eigenvalue weighted by molar-refractivity contribution is 0.435. The van der Waals surface area contributed by atoms with Crippen molar-refractivity contribution in [3.63, 3.8) is 0 Å². The molecular formula is C12H16N2O. The van der Waals surface area contributed by atoms with Gasteiger partial charge in [0.05, 0.1) is 6.54 Å². The van der Waals surface area contributed by atoms with Gasteiger partial charge in [0.25, 0.3) is 0 Å². The van der Waals surface area contributed by atoms with Gasteiger partial charge in [0.2, 0.25) is 5.76 Å². The standard InChI is InChI=1S/C12H16N2O/c1-9-2-3-10(6-9)14-8-12-5-4-11(7-13)15-12/h4-5,9-10,14H,2-3,6,8H2,1H3. The van der Waals surface area contributed by atoms with E-state index in [9.17, 15) is 0 Å². The molecule has 1 aromatic heterocycles. The zero-order valence-corrected chi connectivity index (χ0v) is 8.99. The molecule has 1 heterocycles. The van der Waals surface area contributed by atoms with Crippen molar-refractivity contribution in [3.05, 3.63) is 23.7 Å². The highest BCUT2D eigenvalue weighted by molar-refractivity contribution is 5.18. The summed E-state index contributed by atoms with van der Waals surface area (Å²) in [7, 11) is 0. The third-order valence-corrected chi connectivity index (χ3v) is 3.03. The summed E-state index contributed by atoms with van der Waals surface area (Å²) in [5, 5.41) is 12.1. The van der Waals surface area contributed by atoms with Gasteiger partial charge in [-0.3, -0.25) is 0 Å². The number of nitrogens with zero attached hydrogens (tertiary/aromatic N) is 1. The summed E-state index contributed by atoms with van der Waals surface area (Å²) in [6.45, 7) is 3.03. The van der Waals surface area contributed by atoms with Gasteiger partial charge in [-0.05, 0) is 37.3 Å². The van der Waals surface area contributed by atoms with E-state index in [0.29, 0.717) is 11.8 Å². The van der Waals surface area contributed by atoms with Crippen molar-refractivity contribution < 1.29 is 4.42 Å². The first-order chi connectivity index (χ1) is 7.28. The zero-order chi connectivity index (χ0) is 10.7. The number of furan rings is 1. The van der Waals surface area contributed by atoms with E-state index in [-0.39, 0.29) is 0 Å². The Bertz CT molecular complexity index is 364. The highest BCUT2D eigenvalue weighted by Gasteiger charge is 2.20. The van der Waals surface area contributed by atoms with Crippen LogP contribution in [0.25, 0.3) is 0 Å². The van der Waals surface area contributed by atoms with Gasteiger partial charge in [-0.25, -0.2) is 0 Å². The number of hydrogen-bond acceptors (Lipinski definition) is 3. The van der Waals surface area contributed by atoms with Crippen LogP contribution in [0, 0.1) is 17.2 Å². The molecule has 0 spiro atoms. The Morgan fingerprint density at radius 3 is 3.00 bits per heavy atom. The second-order valence-electron chi connectivity index (χ2n) is 4.37. The zero-order valence-electron chi connectivity index (χ0n) is 8.99. The SMILES string of the molecule is CC1CCC(NCc2ccc(C#N)o2)C1. The number of hydrogen-bond donors (Lipinski definition) is 1. The van der Waals surface area contributed by atoms with E-state index in [1.54, 1.807) is 6.07 Å². The Labute approximate surface area is 90.1 Å². The Morgan fingerprint density at radius 1 is 1.53 bits per heavy atom. The van der Waals surface area contributed by atoms with Crippen LogP contribution in [0.2, 0.25) is 0 Å². The molecular weight excluding hydrogens is 188 g/mol. The van der Waals surface area contributed by atoms with Crippen LogP contribution in [0.4, 0.5) is 0 Å². The van der Waals surface area contributed by atoms with Crippen molar-refractivity contribution in [2.75, 3.05) is 0 Å². The Kier molecular flexibility index (Phi) is 3.08. The van der Waals surface area contributed by atoms with Gasteiger partial charge in [-0.1, -0.05) is 6.92 Å². The minimum Gasteiger partial charge on any atom is -0.449 e. The van der Waals surface area contributed by atoms with Crippen LogP contribution in [-0.4, -0.2) is 6.04 Å². The van der Waals surface area contributed by atoms with Gasteiger partial charge in [0, 0.05) is 6.04 Å². The first-order valence-electron chi connectivity index (χ1n) is 5.50. The summed E-state index contributed by atoms with van der Waals surface area (Å²) in [5.41, 5.74) is 0. The fourth-order valence-electron chi connectivity index (χ4n) is 2.17. The van der Waals surface area contributed by atoms with E-state index in [2.05, 4.69) is 12.2 Å². The van der Waals surface area contributed by atoms with Crippen molar-refractivity contribution in [3.8, 4) is 6.07 Å². The van der Waals surface area contributed by atoms with Gasteiger partial charge in [0.1, 0.15) is 11.8 Å². The summed E-state index contributed by atoms with van der Waals surface area (Å²) < 4.78 is 5.30. The van der Waals surface area contributed by atoms with Crippen molar-refractivity contribution >= 4 is 0 Å². The van der Waals surface area contributed by atoms with Crippen LogP contribution in [0.15, 0.2) is 16.5 Å². The van der Waals surface area contributed by atoms with E-state index in [4.69, 9.17) is 9.68 Å². The first-order valence-corrected chi connectivity index (χ1v) is 5.50. The summed E-state index contributed by atoms with van der Waals surface area (Å²) in [6, 6.07) is 6.19. The fourth-order valence-corrected chi connectivity index (χ4v) is 2.17. The molecule has 2 rings (SSSR count). The number of nitriles is 1. The van der Waals surface area contributed by atoms with E-state index in [1.807, 2.05) is 12.1 Å². The molecule has 3 heteroatoms. The van der Waals surface area contributed by atoms with Gasteiger partial charge < -0.3 is 9.73 Å². The molecule has 1 aliphatic rings. The molecule has 0 radical (unpaired) electrons. The maximum absolute atomic E-state index is 8.60. The lowest BCUT2D eigenvalue weighted by Crippen LogP contribution is -2.25. The lowest BCUT2D eigenvalue weighted by Gasteiger charge is -2.10. The van der Waals surface area contributed by atoms with Crippen LogP contribution < -0.4 is 5.32 Å². The Balaban J connectivity index is 1.81. The average Bonchev–Trinajstić information content (AvgIpc) is 2.83. The monoisotopic (exact) mass is 204 g/mol. The van der Waals surface area contributed by atoms with E-state index >= 15 is 0 Å². The van der Waals surface area contributed by atoms with Gasteiger partial charge in [-0.15, -0.1) is 0 Å². The van der Waals surface area contributed by atoms with E-state index < -0.39 is 0 Å². The summed E-state index contributed by atoms with van der Waals surface area (Å²) in [4.78, 5) is 0. The highest BCUT2D eigenvalue weighted by Crippen LogP contribution is 2.24. The van der Waals surface area contributed by atoms with Gasteiger partial charge >= 0.3 is 0 Å². The summed E-state index contributed by atoms with van der Waals surface area (Å²) in [6.07, 6.45) is 3.83. The second-order valence-corrected chi connectivity index (χ2v) is 4.37. The van der Waals surface area contributed by atoms with Crippen molar-refractivity contribution in [2.24, 2.45) is 5.92 Å². The first kappa shape index (κ1) is 10.3. The quantitative estimate of drug-likeness (QED) is 0.822. The molecule has 2 atom stereocenters.